The van der Waals surface area contributed by atoms with Crippen molar-refractivity contribution >= 4 is 0 Å². The van der Waals surface area contributed by atoms with Gasteiger partial charge >= 0.3 is 0 Å². The highest BCUT2D eigenvalue weighted by molar-refractivity contribution is 4.95. The molecule has 0 aromatic heterocycles. The van der Waals surface area contributed by atoms with Gasteiger partial charge in [-0.05, 0) is 39.7 Å². The number of hydrogen-bond acceptors (Lipinski definition) is 2. The maximum Gasteiger partial charge on any atom is 0.0226 e. The second-order valence-electron chi connectivity index (χ2n) is 5.23. The Bertz CT molecular complexity index is 177. The summed E-state index contributed by atoms with van der Waals surface area (Å²) in [7, 11) is 0. The van der Waals surface area contributed by atoms with Crippen molar-refractivity contribution in [3.63, 3.8) is 0 Å². The first-order valence-electron chi connectivity index (χ1n) is 5.68. The standard InChI is InChI=1S/C11H22N2/c1-11(2)7-8-12-9-5-3-4-6-10(9)13-11/h9-10,12-13H,3-8H2,1-2H3/t9-,10+/m1/s1. The molecule has 1 aliphatic carbocycles. The van der Waals surface area contributed by atoms with E-state index in [1.165, 1.54) is 38.6 Å². The molecule has 0 aromatic carbocycles. The summed E-state index contributed by atoms with van der Waals surface area (Å²) in [6, 6.07) is 1.47. The minimum Gasteiger partial charge on any atom is -0.312 e. The smallest absolute Gasteiger partial charge is 0.0226 e. The quantitative estimate of drug-likeness (QED) is 0.595. The van der Waals surface area contributed by atoms with E-state index in [4.69, 9.17) is 0 Å². The second-order valence-corrected chi connectivity index (χ2v) is 5.23. The minimum absolute atomic E-state index is 0.337. The Balaban J connectivity index is 2.03. The lowest BCUT2D eigenvalue weighted by atomic mass is 9.89. The maximum absolute atomic E-state index is 3.79. The van der Waals surface area contributed by atoms with Crippen LogP contribution in [0.25, 0.3) is 0 Å². The predicted molar refractivity (Wildman–Crippen MR) is 55.9 cm³/mol. The molecule has 1 aliphatic heterocycles. The molecule has 2 N–H and O–H groups in total. The molecule has 76 valence electrons. The summed E-state index contributed by atoms with van der Waals surface area (Å²) in [5.74, 6) is 0. The fourth-order valence-electron chi connectivity index (χ4n) is 2.69. The Morgan fingerprint density at radius 1 is 1.08 bits per heavy atom. The average molecular weight is 182 g/mol. The van der Waals surface area contributed by atoms with Crippen molar-refractivity contribution < 1.29 is 0 Å². The van der Waals surface area contributed by atoms with Crippen LogP contribution in [0.15, 0.2) is 0 Å². The SMILES string of the molecule is CC1(C)CCN[C@@H]2CCCC[C@@H]2N1. The Morgan fingerprint density at radius 2 is 1.77 bits per heavy atom. The van der Waals surface area contributed by atoms with E-state index >= 15 is 0 Å². The van der Waals surface area contributed by atoms with Crippen LogP contribution in [0.4, 0.5) is 0 Å². The van der Waals surface area contributed by atoms with E-state index in [1.807, 2.05) is 0 Å². The van der Waals surface area contributed by atoms with E-state index in [0.29, 0.717) is 5.54 Å². The molecule has 1 saturated heterocycles. The van der Waals surface area contributed by atoms with Crippen molar-refractivity contribution in [2.75, 3.05) is 6.54 Å². The van der Waals surface area contributed by atoms with Gasteiger partial charge < -0.3 is 10.6 Å². The number of fused-ring (bicyclic) bond motifs is 1. The first kappa shape index (κ1) is 9.47. The van der Waals surface area contributed by atoms with E-state index in [9.17, 15) is 0 Å². The maximum atomic E-state index is 3.79. The van der Waals surface area contributed by atoms with Crippen LogP contribution in [-0.2, 0) is 0 Å². The summed E-state index contributed by atoms with van der Waals surface area (Å²) in [4.78, 5) is 0. The normalized spacial score (nSPS) is 39.2. The van der Waals surface area contributed by atoms with Crippen molar-refractivity contribution in [3.8, 4) is 0 Å². The average Bonchev–Trinajstić information content (AvgIpc) is 2.21. The largest absolute Gasteiger partial charge is 0.312 e. The Hall–Kier alpha value is -0.0800. The molecule has 2 rings (SSSR count). The van der Waals surface area contributed by atoms with Crippen LogP contribution in [0.5, 0.6) is 0 Å². The molecule has 2 nitrogen and oxygen atoms in total. The van der Waals surface area contributed by atoms with Crippen LogP contribution in [0, 0.1) is 0 Å². The molecule has 1 heterocycles. The zero-order valence-corrected chi connectivity index (χ0v) is 8.90. The van der Waals surface area contributed by atoms with E-state index in [1.54, 1.807) is 0 Å². The molecule has 0 spiro atoms. The van der Waals surface area contributed by atoms with Crippen molar-refractivity contribution in [2.24, 2.45) is 0 Å². The van der Waals surface area contributed by atoms with E-state index in [2.05, 4.69) is 24.5 Å². The summed E-state index contributed by atoms with van der Waals surface area (Å²) < 4.78 is 0. The van der Waals surface area contributed by atoms with Gasteiger partial charge in [0.15, 0.2) is 0 Å². The van der Waals surface area contributed by atoms with Gasteiger partial charge in [-0.1, -0.05) is 12.8 Å². The summed E-state index contributed by atoms with van der Waals surface area (Å²) in [6.45, 7) is 5.83. The van der Waals surface area contributed by atoms with Crippen molar-refractivity contribution in [2.45, 2.75) is 63.6 Å². The lowest BCUT2D eigenvalue weighted by molar-refractivity contribution is 0.263. The molecule has 13 heavy (non-hydrogen) atoms. The van der Waals surface area contributed by atoms with Crippen LogP contribution in [0.3, 0.4) is 0 Å². The van der Waals surface area contributed by atoms with E-state index < -0.39 is 0 Å². The monoisotopic (exact) mass is 182 g/mol. The Kier molecular flexibility index (Phi) is 2.61. The molecule has 0 unspecified atom stereocenters. The summed E-state index contributed by atoms with van der Waals surface area (Å²) in [5.41, 5.74) is 0.337. The van der Waals surface area contributed by atoms with Crippen molar-refractivity contribution in [1.29, 1.82) is 0 Å². The first-order chi connectivity index (χ1) is 6.17. The zero-order valence-electron chi connectivity index (χ0n) is 8.90. The van der Waals surface area contributed by atoms with Gasteiger partial charge in [0.1, 0.15) is 0 Å². The summed E-state index contributed by atoms with van der Waals surface area (Å²) >= 11 is 0. The summed E-state index contributed by atoms with van der Waals surface area (Å²) in [5, 5.41) is 7.47. The van der Waals surface area contributed by atoms with Crippen molar-refractivity contribution in [1.82, 2.24) is 10.6 Å². The van der Waals surface area contributed by atoms with Gasteiger partial charge in [-0.25, -0.2) is 0 Å². The number of hydrogen-bond donors (Lipinski definition) is 2. The van der Waals surface area contributed by atoms with E-state index in [0.717, 1.165) is 12.1 Å². The molecule has 0 bridgehead atoms. The van der Waals surface area contributed by atoms with Crippen LogP contribution < -0.4 is 10.6 Å². The fraction of sp³-hybridized carbons (Fsp3) is 1.00. The minimum atomic E-state index is 0.337. The highest BCUT2D eigenvalue weighted by Gasteiger charge is 2.32. The van der Waals surface area contributed by atoms with Crippen molar-refractivity contribution in [3.05, 3.63) is 0 Å². The van der Waals surface area contributed by atoms with Gasteiger partial charge in [0, 0.05) is 17.6 Å². The predicted octanol–water partition coefficient (Wildman–Crippen LogP) is 1.66. The van der Waals surface area contributed by atoms with Gasteiger partial charge in [-0.2, -0.15) is 0 Å². The Labute approximate surface area is 81.5 Å². The number of nitrogens with one attached hydrogen (secondary N) is 2. The molecule has 2 fully saturated rings. The topological polar surface area (TPSA) is 24.1 Å². The molecule has 2 atom stereocenters. The molecule has 2 aliphatic rings. The third kappa shape index (κ3) is 2.23. The van der Waals surface area contributed by atoms with Gasteiger partial charge in [-0.3, -0.25) is 0 Å². The van der Waals surface area contributed by atoms with Crippen LogP contribution in [0.2, 0.25) is 0 Å². The lowest BCUT2D eigenvalue weighted by Crippen LogP contribution is -2.52. The number of rotatable bonds is 0. The molecule has 2 heteroatoms. The second kappa shape index (κ2) is 3.58. The molecule has 0 amide bonds. The van der Waals surface area contributed by atoms with Gasteiger partial charge in [-0.15, -0.1) is 0 Å². The lowest BCUT2D eigenvalue weighted by Gasteiger charge is -2.35. The third-order valence-electron chi connectivity index (χ3n) is 3.50. The fourth-order valence-corrected chi connectivity index (χ4v) is 2.69. The summed E-state index contributed by atoms with van der Waals surface area (Å²) in [6.07, 6.45) is 6.80. The van der Waals surface area contributed by atoms with Gasteiger partial charge in [0.25, 0.3) is 0 Å². The Morgan fingerprint density at radius 3 is 2.54 bits per heavy atom. The molecule has 0 radical (unpaired) electrons. The molecular weight excluding hydrogens is 160 g/mol. The van der Waals surface area contributed by atoms with Crippen LogP contribution >= 0.6 is 0 Å². The van der Waals surface area contributed by atoms with Gasteiger partial charge in [0.05, 0.1) is 0 Å². The highest BCUT2D eigenvalue weighted by atomic mass is 15.1. The zero-order chi connectivity index (χ0) is 9.31. The molecule has 1 saturated carbocycles. The first-order valence-corrected chi connectivity index (χ1v) is 5.68. The van der Waals surface area contributed by atoms with Crippen LogP contribution in [-0.4, -0.2) is 24.2 Å². The highest BCUT2D eigenvalue weighted by Crippen LogP contribution is 2.24. The molecular formula is C11H22N2. The van der Waals surface area contributed by atoms with Gasteiger partial charge in [0.2, 0.25) is 0 Å². The third-order valence-corrected chi connectivity index (χ3v) is 3.50. The molecule has 0 aromatic rings. The van der Waals surface area contributed by atoms with Crippen LogP contribution in [0.1, 0.15) is 46.0 Å². The van der Waals surface area contributed by atoms with E-state index in [-0.39, 0.29) is 0 Å².